The molecule has 0 bridgehead atoms. The number of amides is 1. The highest BCUT2D eigenvalue weighted by molar-refractivity contribution is 5.93. The van der Waals surface area contributed by atoms with Gasteiger partial charge in [0.15, 0.2) is 5.79 Å². The molecule has 3 saturated carbocycles. The molecule has 2 aromatic rings. The second-order valence-electron chi connectivity index (χ2n) is 14.7. The smallest absolute Gasteiger partial charge is 0.248 e. The van der Waals surface area contributed by atoms with Gasteiger partial charge >= 0.3 is 0 Å². The first-order chi connectivity index (χ1) is 19.6. The van der Waals surface area contributed by atoms with E-state index in [1.807, 2.05) is 12.1 Å². The molecule has 3 N–H and O–H groups in total. The quantitative estimate of drug-likeness (QED) is 0.400. The predicted molar refractivity (Wildman–Crippen MR) is 160 cm³/mol. The fourth-order valence-corrected chi connectivity index (χ4v) is 9.23. The number of benzene rings is 2. The van der Waals surface area contributed by atoms with Crippen molar-refractivity contribution in [3.8, 4) is 11.1 Å². The number of primary amides is 1. The normalized spacial score (nSPS) is 35.5. The van der Waals surface area contributed by atoms with E-state index in [1.165, 1.54) is 18.4 Å². The third kappa shape index (κ3) is 4.60. The van der Waals surface area contributed by atoms with E-state index in [0.29, 0.717) is 29.2 Å². The van der Waals surface area contributed by atoms with E-state index < -0.39 is 11.7 Å². The fourth-order valence-electron chi connectivity index (χ4n) is 9.23. The van der Waals surface area contributed by atoms with Gasteiger partial charge in [-0.15, -0.1) is 0 Å². The van der Waals surface area contributed by atoms with Crippen molar-refractivity contribution >= 4 is 5.91 Å². The van der Waals surface area contributed by atoms with Gasteiger partial charge in [0.1, 0.15) is 0 Å². The third-order valence-corrected chi connectivity index (χ3v) is 11.6. The topological polar surface area (TPSA) is 81.8 Å². The highest BCUT2D eigenvalue weighted by atomic mass is 16.7. The van der Waals surface area contributed by atoms with Gasteiger partial charge in [0.05, 0.1) is 19.3 Å². The Morgan fingerprint density at radius 3 is 2.20 bits per heavy atom. The van der Waals surface area contributed by atoms with E-state index in [9.17, 15) is 9.90 Å². The van der Waals surface area contributed by atoms with Crippen molar-refractivity contribution in [3.63, 3.8) is 0 Å². The van der Waals surface area contributed by atoms with Gasteiger partial charge in [-0.1, -0.05) is 68.3 Å². The van der Waals surface area contributed by atoms with Gasteiger partial charge in [0.25, 0.3) is 0 Å². The summed E-state index contributed by atoms with van der Waals surface area (Å²) in [5, 5.41) is 11.3. The number of aliphatic hydroxyl groups is 1. The van der Waals surface area contributed by atoms with Crippen LogP contribution in [0.1, 0.15) is 94.0 Å². The van der Waals surface area contributed by atoms with Crippen molar-refractivity contribution in [1.29, 1.82) is 0 Å². The Balaban J connectivity index is 1.23. The molecular formula is C36H45NO4. The zero-order chi connectivity index (χ0) is 28.6. The lowest BCUT2D eigenvalue weighted by molar-refractivity contribution is -0.312. The van der Waals surface area contributed by atoms with Crippen molar-refractivity contribution in [2.75, 3.05) is 13.2 Å². The van der Waals surface area contributed by atoms with Crippen LogP contribution in [0.3, 0.4) is 0 Å². The van der Waals surface area contributed by atoms with Gasteiger partial charge in [-0.2, -0.15) is 0 Å². The summed E-state index contributed by atoms with van der Waals surface area (Å²) in [6, 6.07) is 16.6. The maximum atomic E-state index is 11.5. The molecule has 1 aliphatic heterocycles. The molecule has 5 aliphatic rings. The first-order valence-electron chi connectivity index (χ1n) is 15.8. The number of allylic oxidation sites excluding steroid dienone is 2. The summed E-state index contributed by atoms with van der Waals surface area (Å²) in [5.74, 6) is 1.17. The number of carbonyl (C=O) groups is 1. The van der Waals surface area contributed by atoms with Gasteiger partial charge in [0, 0.05) is 29.7 Å². The number of rotatable bonds is 3. The lowest BCUT2D eigenvalue weighted by Gasteiger charge is -2.55. The van der Waals surface area contributed by atoms with Crippen molar-refractivity contribution in [1.82, 2.24) is 0 Å². The molecule has 218 valence electrons. The Labute approximate surface area is 244 Å². The molecule has 1 amide bonds. The molecular weight excluding hydrogens is 510 g/mol. The second kappa shape index (κ2) is 9.79. The molecule has 5 nitrogen and oxygen atoms in total. The number of nitrogens with two attached hydrogens (primary N) is 1. The average molecular weight is 556 g/mol. The summed E-state index contributed by atoms with van der Waals surface area (Å²) in [6.45, 7) is 8.36. The van der Waals surface area contributed by atoms with E-state index in [1.54, 1.807) is 23.3 Å². The SMILES string of the molecule is CC1(C)COC2(CCC3=C4C(c5ccc(-c6ccc(C(N)=O)cc6)cc5)CC5(C)C(O)CCC5C4CCC3C2)OC1. The molecule has 6 atom stereocenters. The third-order valence-electron chi connectivity index (χ3n) is 11.6. The Morgan fingerprint density at radius 2 is 1.54 bits per heavy atom. The van der Waals surface area contributed by atoms with Crippen LogP contribution >= 0.6 is 0 Å². The van der Waals surface area contributed by atoms with Crippen LogP contribution in [0.5, 0.6) is 0 Å². The standard InChI is InChI=1S/C36H45NO4/c1-34(2)20-40-36(41-21-34)17-16-27-26(18-36)12-13-28-30-14-15-31(38)35(30,3)19-29(32(27)28)24-8-4-22(5-9-24)23-6-10-25(11-7-23)33(37)39/h4-11,26,28-31,38H,12-21H2,1-3H3,(H2,37,39). The van der Waals surface area contributed by atoms with Crippen LogP contribution in [0.25, 0.3) is 11.1 Å². The Bertz CT molecular complexity index is 1350. The molecule has 1 heterocycles. The Hall–Kier alpha value is -2.47. The van der Waals surface area contributed by atoms with Gasteiger partial charge < -0.3 is 20.3 Å². The lowest BCUT2D eigenvalue weighted by Crippen LogP contribution is -2.52. The van der Waals surface area contributed by atoms with Crippen molar-refractivity contribution in [2.24, 2.45) is 34.3 Å². The number of aliphatic hydroxyl groups excluding tert-OH is 1. The maximum absolute atomic E-state index is 11.5. The zero-order valence-electron chi connectivity index (χ0n) is 24.8. The Kier molecular flexibility index (Phi) is 6.53. The molecule has 4 aliphatic carbocycles. The summed E-state index contributed by atoms with van der Waals surface area (Å²) >= 11 is 0. The van der Waals surface area contributed by atoms with Crippen LogP contribution in [0.2, 0.25) is 0 Å². The number of hydrogen-bond acceptors (Lipinski definition) is 4. The van der Waals surface area contributed by atoms with Crippen LogP contribution in [0.4, 0.5) is 0 Å². The van der Waals surface area contributed by atoms with Gasteiger partial charge in [-0.25, -0.2) is 0 Å². The first-order valence-corrected chi connectivity index (χ1v) is 15.8. The predicted octanol–water partition coefficient (Wildman–Crippen LogP) is 6.99. The second-order valence-corrected chi connectivity index (χ2v) is 14.7. The minimum atomic E-state index is -0.412. The average Bonchev–Trinajstić information content (AvgIpc) is 3.28. The van der Waals surface area contributed by atoms with Crippen LogP contribution in [0.15, 0.2) is 59.7 Å². The van der Waals surface area contributed by atoms with Crippen LogP contribution < -0.4 is 5.73 Å². The largest absolute Gasteiger partial charge is 0.393 e. The number of fused-ring (bicyclic) bond motifs is 4. The first kappa shape index (κ1) is 27.4. The monoisotopic (exact) mass is 555 g/mol. The minimum Gasteiger partial charge on any atom is -0.393 e. The maximum Gasteiger partial charge on any atom is 0.248 e. The Morgan fingerprint density at radius 1 is 0.878 bits per heavy atom. The molecule has 4 fully saturated rings. The van der Waals surface area contributed by atoms with Gasteiger partial charge in [0.2, 0.25) is 5.91 Å². The van der Waals surface area contributed by atoms with Crippen LogP contribution in [-0.2, 0) is 9.47 Å². The van der Waals surface area contributed by atoms with Crippen LogP contribution in [0, 0.1) is 28.6 Å². The van der Waals surface area contributed by atoms with E-state index in [2.05, 4.69) is 45.0 Å². The summed E-state index contributed by atoms with van der Waals surface area (Å²) in [4.78, 5) is 11.5. The summed E-state index contributed by atoms with van der Waals surface area (Å²) in [7, 11) is 0. The molecule has 2 aromatic carbocycles. The van der Waals surface area contributed by atoms with E-state index in [4.69, 9.17) is 15.2 Å². The van der Waals surface area contributed by atoms with Crippen LogP contribution in [-0.4, -0.2) is 36.1 Å². The van der Waals surface area contributed by atoms with E-state index in [0.717, 1.165) is 62.9 Å². The highest BCUT2D eigenvalue weighted by Gasteiger charge is 2.57. The van der Waals surface area contributed by atoms with Gasteiger partial charge in [-0.3, -0.25) is 4.79 Å². The van der Waals surface area contributed by atoms with Crippen molar-refractivity contribution in [3.05, 3.63) is 70.8 Å². The number of hydrogen-bond donors (Lipinski definition) is 2. The minimum absolute atomic E-state index is 0.0352. The van der Waals surface area contributed by atoms with Gasteiger partial charge in [-0.05, 0) is 90.5 Å². The molecule has 7 rings (SSSR count). The molecule has 0 aromatic heterocycles. The molecule has 0 radical (unpaired) electrons. The number of ether oxygens (including phenoxy) is 2. The van der Waals surface area contributed by atoms with Crippen molar-refractivity contribution in [2.45, 2.75) is 89.9 Å². The molecule has 1 spiro atoms. The lowest BCUT2D eigenvalue weighted by atomic mass is 9.52. The van der Waals surface area contributed by atoms with E-state index in [-0.39, 0.29) is 16.9 Å². The summed E-state index contributed by atoms with van der Waals surface area (Å²) < 4.78 is 13.0. The summed E-state index contributed by atoms with van der Waals surface area (Å²) in [5.41, 5.74) is 13.0. The van der Waals surface area contributed by atoms with E-state index >= 15 is 0 Å². The molecule has 41 heavy (non-hydrogen) atoms. The zero-order valence-corrected chi connectivity index (χ0v) is 24.8. The number of carbonyl (C=O) groups excluding carboxylic acids is 1. The molecule has 1 saturated heterocycles. The highest BCUT2D eigenvalue weighted by Crippen LogP contribution is 2.65. The summed E-state index contributed by atoms with van der Waals surface area (Å²) in [6.07, 6.45) is 8.26. The fraction of sp³-hybridized carbons (Fsp3) is 0.583. The molecule has 6 unspecified atom stereocenters. The molecule has 5 heteroatoms. The van der Waals surface area contributed by atoms with Crippen molar-refractivity contribution < 1.29 is 19.4 Å².